The highest BCUT2D eigenvalue weighted by Crippen LogP contribution is 2.29. The lowest BCUT2D eigenvalue weighted by Gasteiger charge is -2.35. The minimum Gasteiger partial charge on any atom is -0.467 e. The summed E-state index contributed by atoms with van der Waals surface area (Å²) in [6, 6.07) is 14.0. The Labute approximate surface area is 142 Å². The van der Waals surface area contributed by atoms with E-state index in [1.54, 1.807) is 0 Å². The summed E-state index contributed by atoms with van der Waals surface area (Å²) in [5.41, 5.74) is 0.121. The third kappa shape index (κ3) is 3.28. The van der Waals surface area contributed by atoms with E-state index < -0.39 is 5.54 Å². The maximum atomic E-state index is 12.6. The Morgan fingerprint density at radius 2 is 1.75 bits per heavy atom. The van der Waals surface area contributed by atoms with Gasteiger partial charge in [-0.05, 0) is 29.2 Å². The van der Waals surface area contributed by atoms with Crippen molar-refractivity contribution in [3.63, 3.8) is 0 Å². The SMILES string of the molecule is COC(=O)C1(NC(=O)Cc2cccc3ccccc23)CCCCC1. The molecule has 0 spiro atoms. The second-order valence-electron chi connectivity index (χ2n) is 6.50. The molecule has 1 aliphatic carbocycles. The lowest BCUT2D eigenvalue weighted by molar-refractivity contribution is -0.152. The number of carbonyl (C=O) groups excluding carboxylic acids is 2. The quantitative estimate of drug-likeness (QED) is 0.877. The average Bonchev–Trinajstić information content (AvgIpc) is 2.62. The fourth-order valence-corrected chi connectivity index (χ4v) is 3.66. The van der Waals surface area contributed by atoms with Crippen molar-refractivity contribution in [2.45, 2.75) is 44.1 Å². The molecule has 1 amide bonds. The maximum absolute atomic E-state index is 12.6. The summed E-state index contributed by atoms with van der Waals surface area (Å²) >= 11 is 0. The van der Waals surface area contributed by atoms with Gasteiger partial charge in [-0.1, -0.05) is 61.7 Å². The summed E-state index contributed by atoms with van der Waals surface area (Å²) < 4.78 is 4.96. The van der Waals surface area contributed by atoms with E-state index in [1.165, 1.54) is 7.11 Å². The monoisotopic (exact) mass is 325 g/mol. The fourth-order valence-electron chi connectivity index (χ4n) is 3.66. The standard InChI is InChI=1S/C20H23NO3/c1-24-19(23)20(12-5-2-6-13-20)21-18(22)14-16-10-7-9-15-8-3-4-11-17(15)16/h3-4,7-11H,2,5-6,12-14H2,1H3,(H,21,22). The third-order valence-corrected chi connectivity index (χ3v) is 4.89. The molecule has 0 heterocycles. The molecule has 1 saturated carbocycles. The normalized spacial score (nSPS) is 16.5. The van der Waals surface area contributed by atoms with E-state index in [-0.39, 0.29) is 18.3 Å². The minimum atomic E-state index is -0.853. The van der Waals surface area contributed by atoms with Gasteiger partial charge in [0.2, 0.25) is 5.91 Å². The van der Waals surface area contributed by atoms with Crippen LogP contribution < -0.4 is 5.32 Å². The fraction of sp³-hybridized carbons (Fsp3) is 0.400. The van der Waals surface area contributed by atoms with Crippen LogP contribution in [0.15, 0.2) is 42.5 Å². The zero-order valence-corrected chi connectivity index (χ0v) is 14.0. The van der Waals surface area contributed by atoms with Gasteiger partial charge < -0.3 is 10.1 Å². The van der Waals surface area contributed by atoms with Crippen LogP contribution in [0.1, 0.15) is 37.7 Å². The lowest BCUT2D eigenvalue weighted by atomic mass is 9.81. The van der Waals surface area contributed by atoms with Crippen LogP contribution in [0.25, 0.3) is 10.8 Å². The van der Waals surface area contributed by atoms with Crippen LogP contribution in [0.4, 0.5) is 0 Å². The first-order valence-corrected chi connectivity index (χ1v) is 8.51. The molecule has 0 aliphatic heterocycles. The number of hydrogen-bond acceptors (Lipinski definition) is 3. The van der Waals surface area contributed by atoms with Gasteiger partial charge in [-0.25, -0.2) is 4.79 Å². The Hall–Kier alpha value is -2.36. The second kappa shape index (κ2) is 7.04. The van der Waals surface area contributed by atoms with Crippen molar-refractivity contribution in [2.24, 2.45) is 0 Å². The summed E-state index contributed by atoms with van der Waals surface area (Å²) in [6.07, 6.45) is 4.53. The molecule has 0 unspecified atom stereocenters. The summed E-state index contributed by atoms with van der Waals surface area (Å²) in [4.78, 5) is 24.9. The molecule has 4 nitrogen and oxygen atoms in total. The largest absolute Gasteiger partial charge is 0.467 e. The zero-order valence-electron chi connectivity index (χ0n) is 14.0. The van der Waals surface area contributed by atoms with Crippen molar-refractivity contribution < 1.29 is 14.3 Å². The average molecular weight is 325 g/mol. The summed E-state index contributed by atoms with van der Waals surface area (Å²) in [7, 11) is 1.38. The van der Waals surface area contributed by atoms with Gasteiger partial charge >= 0.3 is 5.97 Å². The number of carbonyl (C=O) groups is 2. The highest BCUT2D eigenvalue weighted by molar-refractivity contribution is 5.93. The van der Waals surface area contributed by atoms with Crippen LogP contribution in [-0.4, -0.2) is 24.5 Å². The number of rotatable bonds is 4. The Morgan fingerprint density at radius 1 is 1.04 bits per heavy atom. The molecule has 0 atom stereocenters. The summed E-state index contributed by atoms with van der Waals surface area (Å²) in [5, 5.41) is 5.17. The number of methoxy groups -OCH3 is 1. The molecule has 126 valence electrons. The number of esters is 1. The van der Waals surface area contributed by atoms with Crippen LogP contribution in [0.5, 0.6) is 0 Å². The van der Waals surface area contributed by atoms with Gasteiger partial charge in [0.15, 0.2) is 0 Å². The first-order chi connectivity index (χ1) is 11.6. The van der Waals surface area contributed by atoms with Gasteiger partial charge in [0.1, 0.15) is 5.54 Å². The van der Waals surface area contributed by atoms with Gasteiger partial charge in [0.25, 0.3) is 0 Å². The molecule has 0 bridgehead atoms. The van der Waals surface area contributed by atoms with Gasteiger partial charge in [0.05, 0.1) is 13.5 Å². The van der Waals surface area contributed by atoms with E-state index in [1.807, 2.05) is 42.5 Å². The molecule has 1 N–H and O–H groups in total. The molecule has 3 rings (SSSR count). The number of fused-ring (bicyclic) bond motifs is 1. The predicted octanol–water partition coefficient (Wildman–Crippen LogP) is 3.37. The molecule has 1 aliphatic rings. The van der Waals surface area contributed by atoms with E-state index in [0.29, 0.717) is 12.8 Å². The van der Waals surface area contributed by atoms with Crippen LogP contribution in [0.2, 0.25) is 0 Å². The smallest absolute Gasteiger partial charge is 0.331 e. The van der Waals surface area contributed by atoms with Crippen molar-refractivity contribution >= 4 is 22.6 Å². The third-order valence-electron chi connectivity index (χ3n) is 4.89. The Morgan fingerprint density at radius 3 is 2.50 bits per heavy atom. The van der Waals surface area contributed by atoms with Crippen molar-refractivity contribution in [1.29, 1.82) is 0 Å². The van der Waals surface area contributed by atoms with E-state index in [9.17, 15) is 9.59 Å². The van der Waals surface area contributed by atoms with Crippen molar-refractivity contribution in [3.8, 4) is 0 Å². The number of ether oxygens (including phenoxy) is 1. The number of nitrogens with one attached hydrogen (secondary N) is 1. The molecule has 4 heteroatoms. The van der Waals surface area contributed by atoms with Gasteiger partial charge in [0, 0.05) is 0 Å². The summed E-state index contributed by atoms with van der Waals surface area (Å²) in [5.74, 6) is -0.452. The van der Waals surface area contributed by atoms with E-state index in [0.717, 1.165) is 35.6 Å². The minimum absolute atomic E-state index is 0.126. The number of benzene rings is 2. The molecule has 2 aromatic rings. The molecule has 0 aromatic heterocycles. The van der Waals surface area contributed by atoms with Crippen LogP contribution in [-0.2, 0) is 20.7 Å². The van der Waals surface area contributed by atoms with E-state index in [4.69, 9.17) is 4.74 Å². The van der Waals surface area contributed by atoms with Crippen LogP contribution in [0.3, 0.4) is 0 Å². The maximum Gasteiger partial charge on any atom is 0.331 e. The van der Waals surface area contributed by atoms with Gasteiger partial charge in [-0.2, -0.15) is 0 Å². The van der Waals surface area contributed by atoms with E-state index in [2.05, 4.69) is 5.32 Å². The van der Waals surface area contributed by atoms with Crippen LogP contribution >= 0.6 is 0 Å². The predicted molar refractivity (Wildman–Crippen MR) is 93.6 cm³/mol. The highest BCUT2D eigenvalue weighted by Gasteiger charge is 2.41. The first-order valence-electron chi connectivity index (χ1n) is 8.51. The van der Waals surface area contributed by atoms with Gasteiger partial charge in [-0.15, -0.1) is 0 Å². The Kier molecular flexibility index (Phi) is 4.84. The summed E-state index contributed by atoms with van der Waals surface area (Å²) in [6.45, 7) is 0. The zero-order chi connectivity index (χ0) is 17.0. The lowest BCUT2D eigenvalue weighted by Crippen LogP contribution is -2.56. The molecule has 1 fully saturated rings. The molecular formula is C20H23NO3. The van der Waals surface area contributed by atoms with Crippen molar-refractivity contribution in [2.75, 3.05) is 7.11 Å². The second-order valence-corrected chi connectivity index (χ2v) is 6.50. The molecule has 2 aromatic carbocycles. The van der Waals surface area contributed by atoms with Gasteiger partial charge in [-0.3, -0.25) is 4.79 Å². The Bertz CT molecular complexity index is 742. The molecule has 24 heavy (non-hydrogen) atoms. The van der Waals surface area contributed by atoms with Crippen molar-refractivity contribution in [3.05, 3.63) is 48.0 Å². The van der Waals surface area contributed by atoms with E-state index >= 15 is 0 Å². The highest BCUT2D eigenvalue weighted by atomic mass is 16.5. The van der Waals surface area contributed by atoms with Crippen LogP contribution in [0, 0.1) is 0 Å². The molecule has 0 radical (unpaired) electrons. The Balaban J connectivity index is 1.79. The molecular weight excluding hydrogens is 302 g/mol. The topological polar surface area (TPSA) is 55.4 Å². The van der Waals surface area contributed by atoms with Crippen molar-refractivity contribution in [1.82, 2.24) is 5.32 Å². The molecule has 0 saturated heterocycles. The first kappa shape index (κ1) is 16.5. The number of amides is 1. The number of hydrogen-bond donors (Lipinski definition) is 1.